The minimum atomic E-state index is -0.185. The van der Waals surface area contributed by atoms with Crippen molar-refractivity contribution in [3.8, 4) is 0 Å². The van der Waals surface area contributed by atoms with Crippen LogP contribution in [0.2, 0.25) is 0 Å². The van der Waals surface area contributed by atoms with Gasteiger partial charge in [0.15, 0.2) is 0 Å². The molecule has 102 valence electrons. The first-order chi connectivity index (χ1) is 8.43. The van der Waals surface area contributed by atoms with E-state index in [-0.39, 0.29) is 5.82 Å². The molecule has 0 radical (unpaired) electrons. The number of halogens is 1. The van der Waals surface area contributed by atoms with Gasteiger partial charge in [-0.25, -0.2) is 4.39 Å². The third-order valence-corrected chi connectivity index (χ3v) is 3.09. The van der Waals surface area contributed by atoms with Crippen LogP contribution < -0.4 is 5.73 Å². The Bertz CT molecular complexity index is 375. The van der Waals surface area contributed by atoms with Gasteiger partial charge in [0.25, 0.3) is 0 Å². The van der Waals surface area contributed by atoms with E-state index in [2.05, 4.69) is 32.6 Å². The van der Waals surface area contributed by atoms with Crippen molar-refractivity contribution >= 4 is 0 Å². The number of nitrogens with two attached hydrogens (primary N) is 1. The van der Waals surface area contributed by atoms with E-state index in [0.29, 0.717) is 18.5 Å². The van der Waals surface area contributed by atoms with Crippen molar-refractivity contribution in [2.75, 3.05) is 6.54 Å². The van der Waals surface area contributed by atoms with E-state index in [0.717, 1.165) is 24.2 Å². The second kappa shape index (κ2) is 6.86. The summed E-state index contributed by atoms with van der Waals surface area (Å²) in [4.78, 5) is 2.36. The summed E-state index contributed by atoms with van der Waals surface area (Å²) in [5.74, 6) is 0.415. The van der Waals surface area contributed by atoms with Crippen LogP contribution in [-0.2, 0) is 13.1 Å². The molecule has 0 spiro atoms. The van der Waals surface area contributed by atoms with E-state index >= 15 is 0 Å². The van der Waals surface area contributed by atoms with Gasteiger partial charge >= 0.3 is 0 Å². The van der Waals surface area contributed by atoms with Crippen LogP contribution in [0.25, 0.3) is 0 Å². The van der Waals surface area contributed by atoms with E-state index in [1.54, 1.807) is 12.1 Å². The summed E-state index contributed by atoms with van der Waals surface area (Å²) in [7, 11) is 0. The van der Waals surface area contributed by atoms with Gasteiger partial charge in [0.05, 0.1) is 0 Å². The summed E-state index contributed by atoms with van der Waals surface area (Å²) < 4.78 is 13.3. The summed E-state index contributed by atoms with van der Waals surface area (Å²) in [6, 6.07) is 5.32. The van der Waals surface area contributed by atoms with Gasteiger partial charge in [0.1, 0.15) is 5.82 Å². The Morgan fingerprint density at radius 2 is 1.83 bits per heavy atom. The SMILES string of the molecule is CC(C)CN(Cc1cc(F)ccc1CN)C(C)C. The molecule has 0 amide bonds. The van der Waals surface area contributed by atoms with Crippen LogP contribution in [0.1, 0.15) is 38.8 Å². The number of hydrogen-bond donors (Lipinski definition) is 1. The van der Waals surface area contributed by atoms with Crippen molar-refractivity contribution in [3.05, 3.63) is 35.1 Å². The van der Waals surface area contributed by atoms with Crippen LogP contribution in [0.3, 0.4) is 0 Å². The lowest BCUT2D eigenvalue weighted by Crippen LogP contribution is -2.34. The second-order valence-corrected chi connectivity index (χ2v) is 5.53. The molecule has 1 aromatic rings. The third kappa shape index (κ3) is 4.39. The predicted molar refractivity (Wildman–Crippen MR) is 74.7 cm³/mol. The van der Waals surface area contributed by atoms with E-state index < -0.39 is 0 Å². The van der Waals surface area contributed by atoms with Gasteiger partial charge in [-0.15, -0.1) is 0 Å². The van der Waals surface area contributed by atoms with Gasteiger partial charge in [-0.2, -0.15) is 0 Å². The monoisotopic (exact) mass is 252 g/mol. The number of rotatable bonds is 6. The van der Waals surface area contributed by atoms with E-state index in [1.165, 1.54) is 6.07 Å². The molecule has 0 aliphatic carbocycles. The zero-order chi connectivity index (χ0) is 13.7. The third-order valence-electron chi connectivity index (χ3n) is 3.09. The molecule has 0 unspecified atom stereocenters. The largest absolute Gasteiger partial charge is 0.326 e. The minimum absolute atomic E-state index is 0.185. The number of hydrogen-bond acceptors (Lipinski definition) is 2. The normalized spacial score (nSPS) is 11.8. The lowest BCUT2D eigenvalue weighted by Gasteiger charge is -2.29. The quantitative estimate of drug-likeness (QED) is 0.842. The highest BCUT2D eigenvalue weighted by atomic mass is 19.1. The maximum atomic E-state index is 13.3. The maximum Gasteiger partial charge on any atom is 0.123 e. The lowest BCUT2D eigenvalue weighted by atomic mass is 10.1. The Hall–Kier alpha value is -0.930. The van der Waals surface area contributed by atoms with Crippen molar-refractivity contribution in [1.82, 2.24) is 4.90 Å². The van der Waals surface area contributed by atoms with Crippen LogP contribution in [0, 0.1) is 11.7 Å². The Kier molecular flexibility index (Phi) is 5.76. The fourth-order valence-electron chi connectivity index (χ4n) is 2.09. The van der Waals surface area contributed by atoms with Crippen molar-refractivity contribution < 1.29 is 4.39 Å². The van der Waals surface area contributed by atoms with E-state index in [1.807, 2.05) is 0 Å². The molecule has 1 aromatic carbocycles. The first kappa shape index (κ1) is 15.1. The average Bonchev–Trinajstić information content (AvgIpc) is 2.27. The smallest absolute Gasteiger partial charge is 0.123 e. The minimum Gasteiger partial charge on any atom is -0.326 e. The molecular weight excluding hydrogens is 227 g/mol. The first-order valence-electron chi connectivity index (χ1n) is 6.65. The van der Waals surface area contributed by atoms with Crippen LogP contribution >= 0.6 is 0 Å². The van der Waals surface area contributed by atoms with Crippen molar-refractivity contribution in [1.29, 1.82) is 0 Å². The van der Waals surface area contributed by atoms with Crippen LogP contribution in [0.5, 0.6) is 0 Å². The average molecular weight is 252 g/mol. The molecular formula is C15H25FN2. The Morgan fingerprint density at radius 1 is 1.17 bits per heavy atom. The zero-order valence-corrected chi connectivity index (χ0v) is 11.9. The van der Waals surface area contributed by atoms with Crippen molar-refractivity contribution in [2.45, 2.75) is 46.8 Å². The molecule has 3 heteroatoms. The van der Waals surface area contributed by atoms with Gasteiger partial charge < -0.3 is 5.73 Å². The highest BCUT2D eigenvalue weighted by Crippen LogP contribution is 2.16. The molecule has 0 aromatic heterocycles. The van der Waals surface area contributed by atoms with Gasteiger partial charge in [0, 0.05) is 25.7 Å². The summed E-state index contributed by atoms with van der Waals surface area (Å²) in [5, 5.41) is 0. The summed E-state index contributed by atoms with van der Waals surface area (Å²) in [5.41, 5.74) is 7.75. The van der Waals surface area contributed by atoms with Crippen LogP contribution in [0.4, 0.5) is 4.39 Å². The summed E-state index contributed by atoms with van der Waals surface area (Å²) >= 11 is 0. The summed E-state index contributed by atoms with van der Waals surface area (Å²) in [6.07, 6.45) is 0. The molecule has 18 heavy (non-hydrogen) atoms. The van der Waals surface area contributed by atoms with Crippen LogP contribution in [0.15, 0.2) is 18.2 Å². The molecule has 2 N–H and O–H groups in total. The van der Waals surface area contributed by atoms with Crippen molar-refractivity contribution in [2.24, 2.45) is 11.7 Å². The molecule has 0 saturated heterocycles. The van der Waals surface area contributed by atoms with E-state index in [9.17, 15) is 4.39 Å². The Balaban J connectivity index is 2.88. The Morgan fingerprint density at radius 3 is 2.33 bits per heavy atom. The number of nitrogens with zero attached hydrogens (tertiary/aromatic N) is 1. The number of benzene rings is 1. The molecule has 2 nitrogen and oxygen atoms in total. The molecule has 0 bridgehead atoms. The van der Waals surface area contributed by atoms with Gasteiger partial charge in [-0.1, -0.05) is 19.9 Å². The molecule has 0 fully saturated rings. The van der Waals surface area contributed by atoms with Gasteiger partial charge in [-0.3, -0.25) is 4.90 Å². The fraction of sp³-hybridized carbons (Fsp3) is 0.600. The topological polar surface area (TPSA) is 29.3 Å². The highest BCUT2D eigenvalue weighted by Gasteiger charge is 2.14. The second-order valence-electron chi connectivity index (χ2n) is 5.53. The molecule has 0 aliphatic rings. The van der Waals surface area contributed by atoms with E-state index in [4.69, 9.17) is 5.73 Å². The van der Waals surface area contributed by atoms with Crippen molar-refractivity contribution in [3.63, 3.8) is 0 Å². The molecule has 0 heterocycles. The first-order valence-corrected chi connectivity index (χ1v) is 6.65. The predicted octanol–water partition coefficient (Wildman–Crippen LogP) is 3.15. The van der Waals surface area contributed by atoms with Crippen LogP contribution in [-0.4, -0.2) is 17.5 Å². The molecule has 0 saturated carbocycles. The standard InChI is InChI=1S/C15H25FN2/c1-11(2)9-18(12(3)4)10-14-7-15(16)6-5-13(14)8-17/h5-7,11-12H,8-10,17H2,1-4H3. The molecule has 0 atom stereocenters. The lowest BCUT2D eigenvalue weighted by molar-refractivity contribution is 0.188. The summed E-state index contributed by atoms with van der Waals surface area (Å²) in [6.45, 7) is 11.0. The maximum absolute atomic E-state index is 13.3. The van der Waals surface area contributed by atoms with Gasteiger partial charge in [-0.05, 0) is 43.0 Å². The molecule has 1 rings (SSSR count). The highest BCUT2D eigenvalue weighted by molar-refractivity contribution is 5.27. The fourth-order valence-corrected chi connectivity index (χ4v) is 2.09. The molecule has 0 aliphatic heterocycles. The van der Waals surface area contributed by atoms with Gasteiger partial charge in [0.2, 0.25) is 0 Å². The zero-order valence-electron chi connectivity index (χ0n) is 11.9. The Labute approximate surface area is 110 Å².